The van der Waals surface area contributed by atoms with Crippen molar-refractivity contribution in [3.05, 3.63) is 30.3 Å². The van der Waals surface area contributed by atoms with Crippen LogP contribution in [-0.2, 0) is 29.9 Å². The summed E-state index contributed by atoms with van der Waals surface area (Å²) in [4.78, 5) is 34.7. The van der Waals surface area contributed by atoms with Gasteiger partial charge < -0.3 is 15.2 Å². The molecule has 0 aliphatic carbocycles. The molecule has 0 aliphatic heterocycles. The highest BCUT2D eigenvalue weighted by Crippen LogP contribution is 2.08. The molecule has 0 bridgehead atoms. The lowest BCUT2D eigenvalue weighted by molar-refractivity contribution is -0.144. The van der Waals surface area contributed by atoms with Gasteiger partial charge in [0.15, 0.2) is 0 Å². The molecule has 0 aromatic heterocycles. The monoisotopic (exact) mass is 355 g/mol. The van der Waals surface area contributed by atoms with Crippen molar-refractivity contribution in [1.29, 1.82) is 0 Å². The van der Waals surface area contributed by atoms with E-state index in [4.69, 9.17) is 9.84 Å². The van der Waals surface area contributed by atoms with Crippen LogP contribution in [-0.4, -0.2) is 45.6 Å². The van der Waals surface area contributed by atoms with Crippen molar-refractivity contribution in [1.82, 2.24) is 5.32 Å². The Morgan fingerprint density at radius 3 is 2.46 bits per heavy atom. The van der Waals surface area contributed by atoms with Gasteiger partial charge >= 0.3 is 11.9 Å². The molecule has 1 rings (SSSR count). The number of carbonyl (C=O) groups excluding carboxylic acids is 2. The van der Waals surface area contributed by atoms with Crippen LogP contribution in [0.2, 0.25) is 0 Å². The van der Waals surface area contributed by atoms with E-state index in [2.05, 4.69) is 5.32 Å². The number of rotatable bonds is 10. The standard InChI is InChI=1S/C16H21NO6S/c1-2-23-15(19)9-8-14(18)17-13(16(20)21)10-11-24(22)12-6-4-3-5-7-12/h3-7,13H,2,8-11H2,1H3,(H,17,18)(H,20,21)/t13-,24-/m1/s1. The zero-order valence-electron chi connectivity index (χ0n) is 13.4. The molecule has 8 heteroatoms. The van der Waals surface area contributed by atoms with Gasteiger partial charge in [-0.1, -0.05) is 18.2 Å². The SMILES string of the molecule is CCOC(=O)CCC(=O)N[C@H](CC[S@@](=O)c1ccccc1)C(=O)O. The third-order valence-electron chi connectivity index (χ3n) is 3.09. The Morgan fingerprint density at radius 1 is 1.21 bits per heavy atom. The highest BCUT2D eigenvalue weighted by Gasteiger charge is 2.21. The first-order valence-electron chi connectivity index (χ1n) is 7.55. The number of amides is 1. The summed E-state index contributed by atoms with van der Waals surface area (Å²) in [5.41, 5.74) is 0. The summed E-state index contributed by atoms with van der Waals surface area (Å²) < 4.78 is 16.8. The first kappa shape index (κ1) is 19.8. The first-order valence-corrected chi connectivity index (χ1v) is 8.87. The minimum absolute atomic E-state index is 0.0297. The molecule has 0 unspecified atom stereocenters. The van der Waals surface area contributed by atoms with Crippen LogP contribution in [0.25, 0.3) is 0 Å². The van der Waals surface area contributed by atoms with E-state index in [0.29, 0.717) is 4.90 Å². The lowest BCUT2D eigenvalue weighted by atomic mass is 10.2. The molecule has 132 valence electrons. The first-order chi connectivity index (χ1) is 11.4. The molecular formula is C16H21NO6S. The number of esters is 1. The van der Waals surface area contributed by atoms with Gasteiger partial charge in [0.2, 0.25) is 5.91 Å². The van der Waals surface area contributed by atoms with Crippen LogP contribution in [0.15, 0.2) is 35.2 Å². The Balaban J connectivity index is 2.46. The molecule has 1 amide bonds. The van der Waals surface area contributed by atoms with E-state index in [9.17, 15) is 18.6 Å². The third kappa shape index (κ3) is 7.36. The number of aliphatic carboxylic acids is 1. The van der Waals surface area contributed by atoms with E-state index in [1.54, 1.807) is 37.3 Å². The summed E-state index contributed by atoms with van der Waals surface area (Å²) in [6.07, 6.45) is -0.228. The van der Waals surface area contributed by atoms with Gasteiger partial charge in [0, 0.05) is 17.1 Å². The van der Waals surface area contributed by atoms with Crippen molar-refractivity contribution in [3.63, 3.8) is 0 Å². The van der Waals surface area contributed by atoms with Crippen molar-refractivity contribution in [3.8, 4) is 0 Å². The summed E-state index contributed by atoms with van der Waals surface area (Å²) in [7, 11) is -1.34. The van der Waals surface area contributed by atoms with E-state index in [-0.39, 0.29) is 31.6 Å². The zero-order chi connectivity index (χ0) is 17.9. The summed E-state index contributed by atoms with van der Waals surface area (Å²) in [6.45, 7) is 1.88. The molecule has 0 spiro atoms. The van der Waals surface area contributed by atoms with Crippen LogP contribution in [0.5, 0.6) is 0 Å². The molecule has 2 atom stereocenters. The molecule has 2 N–H and O–H groups in total. The van der Waals surface area contributed by atoms with Crippen molar-refractivity contribution in [2.75, 3.05) is 12.4 Å². The highest BCUT2D eigenvalue weighted by atomic mass is 32.2. The number of hydrogen-bond donors (Lipinski definition) is 2. The largest absolute Gasteiger partial charge is 0.480 e. The van der Waals surface area contributed by atoms with Gasteiger partial charge in [-0.3, -0.25) is 13.8 Å². The smallest absolute Gasteiger partial charge is 0.326 e. The quantitative estimate of drug-likeness (QED) is 0.608. The molecule has 0 heterocycles. The lowest BCUT2D eigenvalue weighted by Crippen LogP contribution is -2.41. The van der Waals surface area contributed by atoms with Crippen molar-refractivity contribution >= 4 is 28.6 Å². The van der Waals surface area contributed by atoms with E-state index >= 15 is 0 Å². The number of benzene rings is 1. The van der Waals surface area contributed by atoms with Crippen LogP contribution >= 0.6 is 0 Å². The van der Waals surface area contributed by atoms with Gasteiger partial charge in [0.05, 0.1) is 23.8 Å². The van der Waals surface area contributed by atoms with Crippen LogP contribution < -0.4 is 5.32 Å². The van der Waals surface area contributed by atoms with Gasteiger partial charge in [-0.25, -0.2) is 4.79 Å². The van der Waals surface area contributed by atoms with Crippen molar-refractivity contribution in [2.24, 2.45) is 0 Å². The summed E-state index contributed by atoms with van der Waals surface area (Å²) >= 11 is 0. The molecular weight excluding hydrogens is 334 g/mol. The molecule has 0 saturated heterocycles. The van der Waals surface area contributed by atoms with Crippen molar-refractivity contribution in [2.45, 2.75) is 37.1 Å². The fourth-order valence-corrected chi connectivity index (χ4v) is 3.03. The average molecular weight is 355 g/mol. The van der Waals surface area contributed by atoms with E-state index in [0.717, 1.165) is 0 Å². The van der Waals surface area contributed by atoms with Crippen LogP contribution in [0, 0.1) is 0 Å². The molecule has 24 heavy (non-hydrogen) atoms. The Labute approximate surface area is 142 Å². The van der Waals surface area contributed by atoms with E-state index < -0.39 is 34.7 Å². The van der Waals surface area contributed by atoms with Crippen LogP contribution in [0.1, 0.15) is 26.2 Å². The minimum atomic E-state index is -1.34. The molecule has 1 aromatic rings. The number of carbonyl (C=O) groups is 3. The van der Waals surface area contributed by atoms with Crippen LogP contribution in [0.4, 0.5) is 0 Å². The number of carboxylic acid groups (broad SMARTS) is 1. The Bertz CT molecular complexity index is 589. The fourth-order valence-electron chi connectivity index (χ4n) is 1.89. The summed E-state index contributed by atoms with van der Waals surface area (Å²) in [6, 6.07) is 7.54. The van der Waals surface area contributed by atoms with Gasteiger partial charge in [0.1, 0.15) is 6.04 Å². The molecule has 0 radical (unpaired) electrons. The topological polar surface area (TPSA) is 110 Å². The second kappa shape index (κ2) is 10.5. The highest BCUT2D eigenvalue weighted by molar-refractivity contribution is 7.85. The molecule has 7 nitrogen and oxygen atoms in total. The second-order valence-corrected chi connectivity index (χ2v) is 6.49. The Kier molecular flexibility index (Phi) is 8.70. The van der Waals surface area contributed by atoms with Crippen molar-refractivity contribution < 1.29 is 28.4 Å². The maximum Gasteiger partial charge on any atom is 0.326 e. The Hall–Kier alpha value is -2.22. The number of hydrogen-bond acceptors (Lipinski definition) is 5. The molecule has 1 aromatic carbocycles. The van der Waals surface area contributed by atoms with Gasteiger partial charge in [-0.05, 0) is 25.5 Å². The van der Waals surface area contributed by atoms with Gasteiger partial charge in [-0.2, -0.15) is 0 Å². The molecule has 0 aliphatic rings. The third-order valence-corrected chi connectivity index (χ3v) is 4.50. The maximum atomic E-state index is 12.1. The minimum Gasteiger partial charge on any atom is -0.480 e. The zero-order valence-corrected chi connectivity index (χ0v) is 14.2. The second-order valence-electron chi connectivity index (χ2n) is 4.91. The summed E-state index contributed by atoms with van der Waals surface area (Å²) in [5.74, 6) is -2.16. The van der Waals surface area contributed by atoms with E-state index in [1.807, 2.05) is 0 Å². The Morgan fingerprint density at radius 2 is 1.88 bits per heavy atom. The van der Waals surface area contributed by atoms with Crippen LogP contribution in [0.3, 0.4) is 0 Å². The molecule has 0 fully saturated rings. The van der Waals surface area contributed by atoms with Gasteiger partial charge in [-0.15, -0.1) is 0 Å². The number of carboxylic acids is 1. The normalized spacial score (nSPS) is 12.9. The summed E-state index contributed by atoms with van der Waals surface area (Å²) in [5, 5.41) is 11.5. The predicted molar refractivity (Wildman–Crippen MR) is 87.8 cm³/mol. The number of nitrogens with one attached hydrogen (secondary N) is 1. The lowest BCUT2D eigenvalue weighted by Gasteiger charge is -2.14. The predicted octanol–water partition coefficient (Wildman–Crippen LogP) is 1.10. The molecule has 0 saturated carbocycles. The van der Waals surface area contributed by atoms with E-state index in [1.165, 1.54) is 0 Å². The average Bonchev–Trinajstić information content (AvgIpc) is 2.57. The fraction of sp³-hybridized carbons (Fsp3) is 0.438. The maximum absolute atomic E-state index is 12.1. The van der Waals surface area contributed by atoms with Gasteiger partial charge in [0.25, 0.3) is 0 Å². The number of ether oxygens (including phenoxy) is 1.